The minimum atomic E-state index is -0.724. The van der Waals surface area contributed by atoms with Gasteiger partial charge in [-0.2, -0.15) is 0 Å². The largest absolute Gasteiger partial charge is 0.323 e. The second-order valence-corrected chi connectivity index (χ2v) is 2.97. The Morgan fingerprint density at radius 1 is 1.45 bits per heavy atom. The number of amides is 2. The van der Waals surface area contributed by atoms with Crippen LogP contribution in [0.25, 0.3) is 0 Å². The Balaban J connectivity index is 2.58. The highest BCUT2D eigenvalue weighted by molar-refractivity contribution is 6.64. The van der Waals surface area contributed by atoms with E-state index in [-0.39, 0.29) is 11.9 Å². The molecule has 0 heterocycles. The Hall–Kier alpha value is -0.280. The number of alkyl halides is 1. The molecule has 1 aliphatic carbocycles. The predicted octanol–water partition coefficient (Wildman–Crippen LogP) is 1.58. The summed E-state index contributed by atoms with van der Waals surface area (Å²) >= 11 is 10.4. The standard InChI is InChI=1S/C6H7Cl2NO2/c7-3-5(10)9(6(8)11)4-1-2-4/h4H,1-3H2. The molecule has 0 saturated heterocycles. The van der Waals surface area contributed by atoms with E-state index in [1.165, 1.54) is 0 Å². The number of carbonyl (C=O) groups is 2. The normalized spacial score (nSPS) is 16.2. The molecule has 0 aliphatic heterocycles. The lowest BCUT2D eigenvalue weighted by atomic mass is 10.5. The van der Waals surface area contributed by atoms with Crippen molar-refractivity contribution in [3.8, 4) is 0 Å². The zero-order chi connectivity index (χ0) is 8.43. The number of hydrogen-bond donors (Lipinski definition) is 0. The van der Waals surface area contributed by atoms with E-state index in [4.69, 9.17) is 23.2 Å². The molecule has 1 rings (SSSR count). The lowest BCUT2D eigenvalue weighted by Crippen LogP contribution is -2.35. The molecule has 11 heavy (non-hydrogen) atoms. The van der Waals surface area contributed by atoms with E-state index < -0.39 is 11.3 Å². The second-order valence-electron chi connectivity index (χ2n) is 2.38. The zero-order valence-electron chi connectivity index (χ0n) is 5.72. The van der Waals surface area contributed by atoms with E-state index in [9.17, 15) is 9.59 Å². The van der Waals surface area contributed by atoms with E-state index >= 15 is 0 Å². The molecule has 0 aromatic heterocycles. The third kappa shape index (κ3) is 2.07. The minimum Gasteiger partial charge on any atom is -0.273 e. The quantitative estimate of drug-likeness (QED) is 0.382. The molecule has 1 aliphatic rings. The smallest absolute Gasteiger partial charge is 0.273 e. The molecule has 0 radical (unpaired) electrons. The van der Waals surface area contributed by atoms with Crippen LogP contribution in [0.3, 0.4) is 0 Å². The van der Waals surface area contributed by atoms with Crippen LogP contribution in [-0.4, -0.2) is 28.1 Å². The fourth-order valence-corrected chi connectivity index (χ4v) is 1.20. The van der Waals surface area contributed by atoms with Crippen LogP contribution in [0.15, 0.2) is 0 Å². The van der Waals surface area contributed by atoms with Crippen molar-refractivity contribution in [3.05, 3.63) is 0 Å². The van der Waals surface area contributed by atoms with Gasteiger partial charge in [0.25, 0.3) is 0 Å². The number of halogens is 2. The summed E-state index contributed by atoms with van der Waals surface area (Å²) in [5.74, 6) is -0.594. The molecule has 5 heteroatoms. The summed E-state index contributed by atoms with van der Waals surface area (Å²) in [6.45, 7) is 0. The summed E-state index contributed by atoms with van der Waals surface area (Å²) in [5, 5.41) is -0.724. The SMILES string of the molecule is O=C(Cl)N(C(=O)CCl)C1CC1. The van der Waals surface area contributed by atoms with Crippen molar-refractivity contribution in [1.29, 1.82) is 0 Å². The summed E-state index contributed by atoms with van der Waals surface area (Å²) in [4.78, 5) is 22.6. The molecular weight excluding hydrogens is 189 g/mol. The van der Waals surface area contributed by atoms with Gasteiger partial charge < -0.3 is 0 Å². The third-order valence-electron chi connectivity index (χ3n) is 1.48. The van der Waals surface area contributed by atoms with Crippen LogP contribution in [0.4, 0.5) is 4.79 Å². The molecule has 0 aromatic carbocycles. The first-order valence-electron chi connectivity index (χ1n) is 3.24. The molecule has 0 bridgehead atoms. The topological polar surface area (TPSA) is 37.4 Å². The molecule has 62 valence electrons. The van der Waals surface area contributed by atoms with Crippen molar-refractivity contribution in [3.63, 3.8) is 0 Å². The monoisotopic (exact) mass is 195 g/mol. The van der Waals surface area contributed by atoms with Gasteiger partial charge in [0, 0.05) is 6.04 Å². The van der Waals surface area contributed by atoms with Gasteiger partial charge in [0.15, 0.2) is 0 Å². The summed E-state index contributed by atoms with van der Waals surface area (Å²) in [6.07, 6.45) is 1.70. The van der Waals surface area contributed by atoms with Crippen molar-refractivity contribution >= 4 is 34.5 Å². The average molecular weight is 196 g/mol. The van der Waals surface area contributed by atoms with Crippen LogP contribution in [-0.2, 0) is 4.79 Å². The first-order valence-corrected chi connectivity index (χ1v) is 4.15. The van der Waals surface area contributed by atoms with Gasteiger partial charge in [0.1, 0.15) is 5.88 Å². The molecule has 1 saturated carbocycles. The fourth-order valence-electron chi connectivity index (χ4n) is 0.842. The Morgan fingerprint density at radius 3 is 2.27 bits per heavy atom. The Kier molecular flexibility index (Phi) is 2.73. The maximum absolute atomic E-state index is 10.9. The summed E-state index contributed by atoms with van der Waals surface area (Å²) in [7, 11) is 0. The summed E-state index contributed by atoms with van der Waals surface area (Å²) < 4.78 is 0. The van der Waals surface area contributed by atoms with E-state index in [0.29, 0.717) is 0 Å². The minimum absolute atomic E-state index is 0.00579. The average Bonchev–Trinajstić information content (AvgIpc) is 2.71. The number of hydrogen-bond acceptors (Lipinski definition) is 2. The molecular formula is C6H7Cl2NO2. The lowest BCUT2D eigenvalue weighted by molar-refractivity contribution is -0.125. The van der Waals surface area contributed by atoms with Gasteiger partial charge in [0.2, 0.25) is 5.91 Å². The van der Waals surface area contributed by atoms with Crippen LogP contribution in [0.2, 0.25) is 0 Å². The van der Waals surface area contributed by atoms with Crippen molar-refractivity contribution < 1.29 is 9.59 Å². The second kappa shape index (κ2) is 3.41. The van der Waals surface area contributed by atoms with Crippen LogP contribution in [0.1, 0.15) is 12.8 Å². The van der Waals surface area contributed by atoms with E-state index in [1.54, 1.807) is 0 Å². The van der Waals surface area contributed by atoms with Crippen LogP contribution in [0, 0.1) is 0 Å². The highest BCUT2D eigenvalue weighted by Gasteiger charge is 2.35. The molecule has 0 unspecified atom stereocenters. The van der Waals surface area contributed by atoms with Gasteiger partial charge in [-0.15, -0.1) is 11.6 Å². The maximum Gasteiger partial charge on any atom is 0.323 e. The van der Waals surface area contributed by atoms with Gasteiger partial charge in [-0.3, -0.25) is 14.5 Å². The van der Waals surface area contributed by atoms with Gasteiger partial charge >= 0.3 is 5.37 Å². The molecule has 2 amide bonds. The molecule has 3 nitrogen and oxygen atoms in total. The Labute approximate surface area is 74.2 Å². The molecule has 0 aromatic rings. The fraction of sp³-hybridized carbons (Fsp3) is 0.667. The number of rotatable bonds is 2. The van der Waals surface area contributed by atoms with Crippen molar-refractivity contribution in [2.75, 3.05) is 5.88 Å². The predicted molar refractivity (Wildman–Crippen MR) is 41.8 cm³/mol. The Morgan fingerprint density at radius 2 is 2.00 bits per heavy atom. The molecule has 0 N–H and O–H groups in total. The maximum atomic E-state index is 10.9. The highest BCUT2D eigenvalue weighted by atomic mass is 35.5. The Bertz CT molecular complexity index is 191. The number of carbonyl (C=O) groups excluding carboxylic acids is 2. The molecule has 0 spiro atoms. The van der Waals surface area contributed by atoms with E-state index in [1.807, 2.05) is 0 Å². The van der Waals surface area contributed by atoms with Crippen molar-refractivity contribution in [2.45, 2.75) is 18.9 Å². The van der Waals surface area contributed by atoms with Crippen molar-refractivity contribution in [1.82, 2.24) is 4.90 Å². The first-order chi connectivity index (χ1) is 5.16. The highest BCUT2D eigenvalue weighted by Crippen LogP contribution is 2.28. The lowest BCUT2D eigenvalue weighted by Gasteiger charge is -2.14. The molecule has 1 fully saturated rings. The summed E-state index contributed by atoms with van der Waals surface area (Å²) in [5.41, 5.74) is 0. The van der Waals surface area contributed by atoms with Crippen LogP contribution >= 0.6 is 23.2 Å². The third-order valence-corrected chi connectivity index (χ3v) is 1.90. The number of imide groups is 1. The van der Waals surface area contributed by atoms with Crippen molar-refractivity contribution in [2.24, 2.45) is 0 Å². The van der Waals surface area contributed by atoms with E-state index in [2.05, 4.69) is 0 Å². The van der Waals surface area contributed by atoms with Gasteiger partial charge in [-0.1, -0.05) is 0 Å². The zero-order valence-corrected chi connectivity index (χ0v) is 7.23. The number of nitrogens with zero attached hydrogens (tertiary/aromatic N) is 1. The van der Waals surface area contributed by atoms with Gasteiger partial charge in [-0.25, -0.2) is 0 Å². The van der Waals surface area contributed by atoms with Crippen LogP contribution in [0.5, 0.6) is 0 Å². The van der Waals surface area contributed by atoms with Crippen LogP contribution < -0.4 is 0 Å². The van der Waals surface area contributed by atoms with Gasteiger partial charge in [0.05, 0.1) is 0 Å². The van der Waals surface area contributed by atoms with Gasteiger partial charge in [-0.05, 0) is 24.4 Å². The summed E-state index contributed by atoms with van der Waals surface area (Å²) in [6, 6.07) is 0.00579. The first kappa shape index (κ1) is 8.81. The van der Waals surface area contributed by atoms with E-state index in [0.717, 1.165) is 17.7 Å². The molecule has 0 atom stereocenters.